The SMILES string of the molecule is O=C(Nc1ccc(N2CCCCC2)cc1N1CCCCC1)c1ccc(-c2ncccc2C(F)(F)F)cc1F. The normalized spacial score (nSPS) is 16.4. The maximum absolute atomic E-state index is 15.1. The number of benzene rings is 2. The number of anilines is 3. The molecule has 2 aliphatic rings. The third kappa shape index (κ3) is 5.61. The Hall–Kier alpha value is -3.62. The monoisotopic (exact) mass is 526 g/mol. The van der Waals surface area contributed by atoms with Gasteiger partial charge in [0, 0.05) is 43.6 Å². The van der Waals surface area contributed by atoms with Crippen LogP contribution in [-0.4, -0.2) is 37.1 Å². The highest BCUT2D eigenvalue weighted by Crippen LogP contribution is 2.37. The number of aromatic nitrogens is 1. The second-order valence-corrected chi connectivity index (χ2v) is 9.84. The molecule has 3 aromatic rings. The van der Waals surface area contributed by atoms with Gasteiger partial charge in [-0.05, 0) is 81.0 Å². The van der Waals surface area contributed by atoms with Gasteiger partial charge in [-0.3, -0.25) is 9.78 Å². The number of carbonyl (C=O) groups is 1. The first-order chi connectivity index (χ1) is 18.3. The van der Waals surface area contributed by atoms with Crippen LogP contribution in [0.5, 0.6) is 0 Å². The van der Waals surface area contributed by atoms with Crippen molar-refractivity contribution >= 4 is 23.0 Å². The molecule has 38 heavy (non-hydrogen) atoms. The third-order valence-electron chi connectivity index (χ3n) is 7.25. The molecular weight excluding hydrogens is 496 g/mol. The summed E-state index contributed by atoms with van der Waals surface area (Å²) >= 11 is 0. The molecule has 0 aliphatic carbocycles. The lowest BCUT2D eigenvalue weighted by atomic mass is 10.0. The highest BCUT2D eigenvalue weighted by Gasteiger charge is 2.34. The van der Waals surface area contributed by atoms with Gasteiger partial charge >= 0.3 is 6.18 Å². The van der Waals surface area contributed by atoms with Crippen LogP contribution in [0.15, 0.2) is 54.7 Å². The van der Waals surface area contributed by atoms with E-state index in [1.807, 2.05) is 12.1 Å². The Kier molecular flexibility index (Phi) is 7.53. The van der Waals surface area contributed by atoms with E-state index in [0.29, 0.717) is 5.69 Å². The number of carbonyl (C=O) groups excluding carboxylic acids is 1. The van der Waals surface area contributed by atoms with Crippen molar-refractivity contribution in [3.05, 3.63) is 71.7 Å². The molecule has 2 fully saturated rings. The minimum atomic E-state index is -4.64. The predicted molar refractivity (Wildman–Crippen MR) is 141 cm³/mol. The van der Waals surface area contributed by atoms with Crippen LogP contribution in [0.2, 0.25) is 0 Å². The molecule has 0 radical (unpaired) electrons. The lowest BCUT2D eigenvalue weighted by Gasteiger charge is -2.33. The van der Waals surface area contributed by atoms with Gasteiger partial charge in [-0.1, -0.05) is 6.07 Å². The van der Waals surface area contributed by atoms with Crippen molar-refractivity contribution in [3.63, 3.8) is 0 Å². The fourth-order valence-corrected chi connectivity index (χ4v) is 5.27. The number of alkyl halides is 3. The molecule has 1 aromatic heterocycles. The van der Waals surface area contributed by atoms with Crippen LogP contribution in [0.25, 0.3) is 11.3 Å². The number of pyridine rings is 1. The maximum atomic E-state index is 15.1. The molecule has 5 rings (SSSR count). The summed E-state index contributed by atoms with van der Waals surface area (Å²) in [6.07, 6.45) is 3.39. The van der Waals surface area contributed by atoms with E-state index >= 15 is 4.39 Å². The lowest BCUT2D eigenvalue weighted by molar-refractivity contribution is -0.137. The van der Waals surface area contributed by atoms with Crippen molar-refractivity contribution in [2.75, 3.05) is 41.3 Å². The zero-order valence-corrected chi connectivity index (χ0v) is 21.0. The maximum Gasteiger partial charge on any atom is 0.418 e. The van der Waals surface area contributed by atoms with Crippen LogP contribution in [0.4, 0.5) is 34.6 Å². The van der Waals surface area contributed by atoms with Gasteiger partial charge < -0.3 is 15.1 Å². The highest BCUT2D eigenvalue weighted by atomic mass is 19.4. The number of rotatable bonds is 5. The van der Waals surface area contributed by atoms with Gasteiger partial charge in [0.2, 0.25) is 0 Å². The fourth-order valence-electron chi connectivity index (χ4n) is 5.27. The van der Waals surface area contributed by atoms with Crippen molar-refractivity contribution in [1.82, 2.24) is 4.98 Å². The second-order valence-electron chi connectivity index (χ2n) is 9.84. The first-order valence-corrected chi connectivity index (χ1v) is 13.1. The Morgan fingerprint density at radius 2 is 1.53 bits per heavy atom. The number of piperidine rings is 2. The van der Waals surface area contributed by atoms with E-state index in [1.165, 1.54) is 30.8 Å². The number of hydrogen-bond acceptors (Lipinski definition) is 4. The van der Waals surface area contributed by atoms with Crippen LogP contribution >= 0.6 is 0 Å². The summed E-state index contributed by atoms with van der Waals surface area (Å²) in [5.41, 5.74) is 0.958. The average molecular weight is 527 g/mol. The van der Waals surface area contributed by atoms with Gasteiger partial charge in [-0.2, -0.15) is 13.2 Å². The topological polar surface area (TPSA) is 48.5 Å². The Morgan fingerprint density at radius 3 is 2.18 bits per heavy atom. The third-order valence-corrected chi connectivity index (χ3v) is 7.25. The predicted octanol–water partition coefficient (Wildman–Crippen LogP) is 7.14. The van der Waals surface area contributed by atoms with Gasteiger partial charge in [-0.15, -0.1) is 0 Å². The number of amides is 1. The van der Waals surface area contributed by atoms with E-state index in [9.17, 15) is 18.0 Å². The van der Waals surface area contributed by atoms with Gasteiger partial charge in [0.25, 0.3) is 5.91 Å². The summed E-state index contributed by atoms with van der Waals surface area (Å²) in [6, 6.07) is 11.5. The summed E-state index contributed by atoms with van der Waals surface area (Å²) < 4.78 is 55.3. The summed E-state index contributed by atoms with van der Waals surface area (Å²) in [6.45, 7) is 3.74. The van der Waals surface area contributed by atoms with Crippen LogP contribution in [0.3, 0.4) is 0 Å². The number of nitrogens with one attached hydrogen (secondary N) is 1. The van der Waals surface area contributed by atoms with E-state index in [-0.39, 0.29) is 16.8 Å². The molecule has 0 spiro atoms. The summed E-state index contributed by atoms with van der Waals surface area (Å²) in [4.78, 5) is 21.6. The Labute approximate surface area is 219 Å². The molecule has 200 valence electrons. The molecule has 2 aliphatic heterocycles. The standard InChI is InChI=1S/C29H30F4N4O/c30-24-18-20(27-23(29(31,32)33)8-7-13-34-27)9-11-22(24)28(38)35-25-12-10-21(36-14-3-1-4-15-36)19-26(25)37-16-5-2-6-17-37/h7-13,18-19H,1-6,14-17H2,(H,35,38). The molecular formula is C29H30F4N4O. The largest absolute Gasteiger partial charge is 0.418 e. The zero-order valence-electron chi connectivity index (χ0n) is 21.0. The first-order valence-electron chi connectivity index (χ1n) is 13.1. The Morgan fingerprint density at radius 1 is 0.842 bits per heavy atom. The quantitative estimate of drug-likeness (QED) is 0.359. The molecule has 0 bridgehead atoms. The van der Waals surface area contributed by atoms with Gasteiger partial charge in [0.1, 0.15) is 5.82 Å². The van der Waals surface area contributed by atoms with E-state index in [2.05, 4.69) is 26.2 Å². The second kappa shape index (κ2) is 11.0. The lowest BCUT2D eigenvalue weighted by Crippen LogP contribution is -2.32. The Balaban J connectivity index is 1.42. The molecule has 5 nitrogen and oxygen atoms in total. The van der Waals surface area contributed by atoms with E-state index < -0.39 is 23.5 Å². The average Bonchev–Trinajstić information content (AvgIpc) is 2.93. The summed E-state index contributed by atoms with van der Waals surface area (Å²) in [7, 11) is 0. The van der Waals surface area contributed by atoms with Gasteiger partial charge in [0.05, 0.1) is 28.2 Å². The van der Waals surface area contributed by atoms with E-state index in [1.54, 1.807) is 0 Å². The fraction of sp³-hybridized carbons (Fsp3) is 0.379. The van der Waals surface area contributed by atoms with Crippen molar-refractivity contribution in [2.45, 2.75) is 44.7 Å². The molecule has 1 amide bonds. The van der Waals surface area contributed by atoms with Crippen molar-refractivity contribution in [3.8, 4) is 11.3 Å². The number of nitrogens with zero attached hydrogens (tertiary/aromatic N) is 3. The first kappa shape index (κ1) is 26.0. The molecule has 1 N–H and O–H groups in total. The van der Waals surface area contributed by atoms with Crippen LogP contribution in [0, 0.1) is 5.82 Å². The summed E-state index contributed by atoms with van der Waals surface area (Å²) in [5, 5.41) is 2.86. The molecule has 3 heterocycles. The molecule has 2 saturated heterocycles. The van der Waals surface area contributed by atoms with E-state index in [0.717, 1.165) is 81.8 Å². The Bertz CT molecular complexity index is 1300. The van der Waals surface area contributed by atoms with Gasteiger partial charge in [0.15, 0.2) is 0 Å². The molecule has 0 saturated carbocycles. The highest BCUT2D eigenvalue weighted by molar-refractivity contribution is 6.06. The summed E-state index contributed by atoms with van der Waals surface area (Å²) in [5.74, 6) is -1.57. The minimum absolute atomic E-state index is 0.0492. The van der Waals surface area contributed by atoms with Crippen molar-refractivity contribution in [2.24, 2.45) is 0 Å². The van der Waals surface area contributed by atoms with Crippen LogP contribution < -0.4 is 15.1 Å². The number of hydrogen-bond donors (Lipinski definition) is 1. The van der Waals surface area contributed by atoms with Crippen molar-refractivity contribution in [1.29, 1.82) is 0 Å². The molecule has 0 atom stereocenters. The van der Waals surface area contributed by atoms with Crippen LogP contribution in [-0.2, 0) is 6.18 Å². The molecule has 9 heteroatoms. The number of halogens is 4. The van der Waals surface area contributed by atoms with Crippen molar-refractivity contribution < 1.29 is 22.4 Å². The molecule has 0 unspecified atom stereocenters. The minimum Gasteiger partial charge on any atom is -0.371 e. The van der Waals surface area contributed by atoms with E-state index in [4.69, 9.17) is 0 Å². The zero-order chi connectivity index (χ0) is 26.7. The van der Waals surface area contributed by atoms with Crippen LogP contribution in [0.1, 0.15) is 54.4 Å². The van der Waals surface area contributed by atoms with Gasteiger partial charge in [-0.25, -0.2) is 4.39 Å². The molecule has 2 aromatic carbocycles. The smallest absolute Gasteiger partial charge is 0.371 e.